The van der Waals surface area contributed by atoms with Crippen molar-refractivity contribution >= 4 is 21.7 Å². The van der Waals surface area contributed by atoms with Gasteiger partial charge in [0.15, 0.2) is 5.78 Å². The molecule has 2 aromatic rings. The van der Waals surface area contributed by atoms with E-state index in [1.165, 1.54) is 6.07 Å². The SMILES string of the molecule is COc1ccc(C(=O)c2cc(Br)ccc2O)cc1. The molecule has 0 spiro atoms. The Kier molecular flexibility index (Phi) is 3.67. The van der Waals surface area contributed by atoms with Crippen molar-refractivity contribution < 1.29 is 14.6 Å². The van der Waals surface area contributed by atoms with Crippen LogP contribution in [0.2, 0.25) is 0 Å². The van der Waals surface area contributed by atoms with Crippen molar-refractivity contribution in [3.05, 3.63) is 58.1 Å². The van der Waals surface area contributed by atoms with Gasteiger partial charge in [0.05, 0.1) is 12.7 Å². The largest absolute Gasteiger partial charge is 0.507 e. The molecule has 0 aromatic heterocycles. The van der Waals surface area contributed by atoms with Gasteiger partial charge in [0.25, 0.3) is 0 Å². The fourth-order valence-electron chi connectivity index (χ4n) is 1.59. The zero-order valence-corrected chi connectivity index (χ0v) is 11.3. The van der Waals surface area contributed by atoms with Gasteiger partial charge in [-0.15, -0.1) is 0 Å². The highest BCUT2D eigenvalue weighted by Gasteiger charge is 2.13. The van der Waals surface area contributed by atoms with E-state index >= 15 is 0 Å². The van der Waals surface area contributed by atoms with Crippen molar-refractivity contribution in [2.45, 2.75) is 0 Å². The van der Waals surface area contributed by atoms with Crippen LogP contribution in [0.5, 0.6) is 11.5 Å². The van der Waals surface area contributed by atoms with Gasteiger partial charge in [-0.1, -0.05) is 15.9 Å². The lowest BCUT2D eigenvalue weighted by Gasteiger charge is -2.05. The molecule has 0 bridgehead atoms. The molecule has 0 aliphatic heterocycles. The quantitative estimate of drug-likeness (QED) is 0.884. The van der Waals surface area contributed by atoms with Crippen LogP contribution in [0, 0.1) is 0 Å². The summed E-state index contributed by atoms with van der Waals surface area (Å²) in [5.74, 6) is 0.431. The average molecular weight is 307 g/mol. The zero-order chi connectivity index (χ0) is 13.1. The molecule has 0 saturated carbocycles. The maximum atomic E-state index is 12.2. The molecular weight excluding hydrogens is 296 g/mol. The molecule has 0 fully saturated rings. The number of rotatable bonds is 3. The molecule has 4 heteroatoms. The van der Waals surface area contributed by atoms with Gasteiger partial charge in [-0.25, -0.2) is 0 Å². The fourth-order valence-corrected chi connectivity index (χ4v) is 1.95. The topological polar surface area (TPSA) is 46.5 Å². The number of ketones is 1. The van der Waals surface area contributed by atoms with Crippen LogP contribution in [0.15, 0.2) is 46.9 Å². The number of phenolic OH excluding ortho intramolecular Hbond substituents is 1. The summed E-state index contributed by atoms with van der Waals surface area (Å²) >= 11 is 3.28. The van der Waals surface area contributed by atoms with E-state index in [1.54, 1.807) is 43.5 Å². The molecule has 0 saturated heterocycles. The fraction of sp³-hybridized carbons (Fsp3) is 0.0714. The number of halogens is 1. The number of benzene rings is 2. The number of methoxy groups -OCH3 is 1. The molecule has 0 aliphatic rings. The van der Waals surface area contributed by atoms with Crippen LogP contribution in [0.3, 0.4) is 0 Å². The van der Waals surface area contributed by atoms with E-state index in [-0.39, 0.29) is 17.1 Å². The monoisotopic (exact) mass is 306 g/mol. The predicted molar refractivity (Wildman–Crippen MR) is 72.2 cm³/mol. The van der Waals surface area contributed by atoms with E-state index in [9.17, 15) is 9.90 Å². The Labute approximate surface area is 113 Å². The lowest BCUT2D eigenvalue weighted by Crippen LogP contribution is -2.01. The highest BCUT2D eigenvalue weighted by Crippen LogP contribution is 2.25. The van der Waals surface area contributed by atoms with Crippen molar-refractivity contribution in [3.8, 4) is 11.5 Å². The van der Waals surface area contributed by atoms with Gasteiger partial charge >= 0.3 is 0 Å². The van der Waals surface area contributed by atoms with E-state index < -0.39 is 0 Å². The number of carbonyl (C=O) groups is 1. The third-order valence-electron chi connectivity index (χ3n) is 2.56. The molecule has 0 amide bonds. The maximum absolute atomic E-state index is 12.2. The van der Waals surface area contributed by atoms with Crippen LogP contribution in [-0.2, 0) is 0 Å². The predicted octanol–water partition coefficient (Wildman–Crippen LogP) is 3.39. The molecule has 18 heavy (non-hydrogen) atoms. The van der Waals surface area contributed by atoms with Gasteiger partial charge in [-0.3, -0.25) is 4.79 Å². The molecule has 2 aromatic carbocycles. The van der Waals surface area contributed by atoms with Crippen LogP contribution >= 0.6 is 15.9 Å². The van der Waals surface area contributed by atoms with Crippen molar-refractivity contribution in [3.63, 3.8) is 0 Å². The number of phenols is 1. The van der Waals surface area contributed by atoms with Crippen LogP contribution in [0.25, 0.3) is 0 Å². The smallest absolute Gasteiger partial charge is 0.196 e. The first kappa shape index (κ1) is 12.6. The number of carbonyl (C=O) groups excluding carboxylic acids is 1. The van der Waals surface area contributed by atoms with Gasteiger partial charge < -0.3 is 9.84 Å². The molecule has 0 heterocycles. The minimum absolute atomic E-state index is 0.0287. The lowest BCUT2D eigenvalue weighted by atomic mass is 10.0. The first-order chi connectivity index (χ1) is 8.61. The first-order valence-electron chi connectivity index (χ1n) is 5.29. The molecule has 0 unspecified atom stereocenters. The third kappa shape index (κ3) is 2.54. The number of hydrogen-bond donors (Lipinski definition) is 1. The number of aromatic hydroxyl groups is 1. The Morgan fingerprint density at radius 2 is 1.83 bits per heavy atom. The van der Waals surface area contributed by atoms with Gasteiger partial charge in [0.2, 0.25) is 0 Å². The highest BCUT2D eigenvalue weighted by atomic mass is 79.9. The Balaban J connectivity index is 2.38. The number of hydrogen-bond acceptors (Lipinski definition) is 3. The molecule has 92 valence electrons. The molecule has 3 nitrogen and oxygen atoms in total. The normalized spacial score (nSPS) is 10.1. The van der Waals surface area contributed by atoms with Crippen LogP contribution in [-0.4, -0.2) is 18.0 Å². The second-order valence-corrected chi connectivity index (χ2v) is 4.63. The van der Waals surface area contributed by atoms with E-state index in [1.807, 2.05) is 0 Å². The van der Waals surface area contributed by atoms with Gasteiger partial charge in [-0.05, 0) is 42.5 Å². The standard InChI is InChI=1S/C14H11BrO3/c1-18-11-5-2-9(3-6-11)14(17)12-8-10(15)4-7-13(12)16/h2-8,16H,1H3. The Bertz CT molecular complexity index is 576. The van der Waals surface area contributed by atoms with Gasteiger partial charge in [0.1, 0.15) is 11.5 Å². The van der Waals surface area contributed by atoms with Gasteiger partial charge in [0, 0.05) is 10.0 Å². The van der Waals surface area contributed by atoms with Crippen LogP contribution in [0.4, 0.5) is 0 Å². The van der Waals surface area contributed by atoms with Crippen molar-refractivity contribution in [2.24, 2.45) is 0 Å². The van der Waals surface area contributed by atoms with E-state index in [2.05, 4.69) is 15.9 Å². The summed E-state index contributed by atoms with van der Waals surface area (Å²) in [5.41, 5.74) is 0.777. The van der Waals surface area contributed by atoms with Crippen molar-refractivity contribution in [1.29, 1.82) is 0 Å². The molecular formula is C14H11BrO3. The summed E-state index contributed by atoms with van der Waals surface area (Å²) in [4.78, 5) is 12.2. The molecule has 0 atom stereocenters. The summed E-state index contributed by atoms with van der Waals surface area (Å²) in [6.45, 7) is 0. The van der Waals surface area contributed by atoms with Crippen LogP contribution < -0.4 is 4.74 Å². The first-order valence-corrected chi connectivity index (χ1v) is 6.08. The van der Waals surface area contributed by atoms with E-state index in [0.717, 1.165) is 4.47 Å². The van der Waals surface area contributed by atoms with E-state index in [0.29, 0.717) is 11.3 Å². The second kappa shape index (κ2) is 5.23. The van der Waals surface area contributed by atoms with E-state index in [4.69, 9.17) is 4.74 Å². The molecule has 1 N–H and O–H groups in total. The zero-order valence-electron chi connectivity index (χ0n) is 9.68. The van der Waals surface area contributed by atoms with Gasteiger partial charge in [-0.2, -0.15) is 0 Å². The highest BCUT2D eigenvalue weighted by molar-refractivity contribution is 9.10. The second-order valence-electron chi connectivity index (χ2n) is 3.72. The lowest BCUT2D eigenvalue weighted by molar-refractivity contribution is 0.103. The molecule has 0 radical (unpaired) electrons. The average Bonchev–Trinajstić information content (AvgIpc) is 2.41. The van der Waals surface area contributed by atoms with Crippen molar-refractivity contribution in [1.82, 2.24) is 0 Å². The summed E-state index contributed by atoms with van der Waals surface area (Å²) in [5, 5.41) is 9.70. The molecule has 0 aliphatic carbocycles. The minimum atomic E-state index is -0.226. The Morgan fingerprint density at radius 1 is 1.17 bits per heavy atom. The summed E-state index contributed by atoms with van der Waals surface area (Å²) < 4.78 is 5.78. The number of ether oxygens (including phenoxy) is 1. The summed E-state index contributed by atoms with van der Waals surface area (Å²) in [6.07, 6.45) is 0. The minimum Gasteiger partial charge on any atom is -0.507 e. The molecule has 2 rings (SSSR count). The maximum Gasteiger partial charge on any atom is 0.196 e. The Hall–Kier alpha value is -1.81. The third-order valence-corrected chi connectivity index (χ3v) is 3.05. The Morgan fingerprint density at radius 3 is 2.44 bits per heavy atom. The van der Waals surface area contributed by atoms with Crippen LogP contribution in [0.1, 0.15) is 15.9 Å². The summed E-state index contributed by atoms with van der Waals surface area (Å²) in [6, 6.07) is 11.5. The summed E-state index contributed by atoms with van der Waals surface area (Å²) in [7, 11) is 1.57. The van der Waals surface area contributed by atoms with Crippen molar-refractivity contribution in [2.75, 3.05) is 7.11 Å².